The van der Waals surface area contributed by atoms with Crippen LogP contribution in [-0.4, -0.2) is 26.1 Å². The third kappa shape index (κ3) is 3.44. The number of nitriles is 1. The van der Waals surface area contributed by atoms with Crippen LogP contribution >= 0.6 is 0 Å². The van der Waals surface area contributed by atoms with Crippen LogP contribution < -0.4 is 5.32 Å². The van der Waals surface area contributed by atoms with Gasteiger partial charge in [0.05, 0.1) is 12.0 Å². The molecule has 0 atom stereocenters. The van der Waals surface area contributed by atoms with E-state index in [4.69, 9.17) is 5.26 Å². The zero-order valence-electron chi connectivity index (χ0n) is 12.7. The summed E-state index contributed by atoms with van der Waals surface area (Å²) in [5.74, 6) is -0.675. The number of aromatic nitrogens is 4. The lowest BCUT2D eigenvalue weighted by Crippen LogP contribution is -2.23. The van der Waals surface area contributed by atoms with Crippen molar-refractivity contribution in [1.82, 2.24) is 20.2 Å². The molecule has 0 aliphatic rings. The molecule has 0 aliphatic carbocycles. The van der Waals surface area contributed by atoms with Crippen molar-refractivity contribution in [3.63, 3.8) is 0 Å². The molecule has 3 aromatic rings. The third-order valence-electron chi connectivity index (χ3n) is 3.43. The fourth-order valence-electron chi connectivity index (χ4n) is 2.39. The summed E-state index contributed by atoms with van der Waals surface area (Å²) in [6.07, 6.45) is 0. The normalized spacial score (nSPS) is 10.3. The minimum atomic E-state index is -0.490. The van der Waals surface area contributed by atoms with Gasteiger partial charge in [0.2, 0.25) is 5.91 Å². The Balaban J connectivity index is 1.88. The number of hydrogen-bond acceptors (Lipinski definition) is 5. The first kappa shape index (κ1) is 15.4. The van der Waals surface area contributed by atoms with Crippen molar-refractivity contribution >= 4 is 11.9 Å². The highest BCUT2D eigenvalue weighted by molar-refractivity contribution is 5.96. The summed E-state index contributed by atoms with van der Waals surface area (Å²) in [5.41, 5.74) is 1.73. The zero-order valence-corrected chi connectivity index (χ0v) is 12.7. The number of rotatable bonds is 5. The van der Waals surface area contributed by atoms with E-state index >= 15 is 0 Å². The number of tetrazole rings is 1. The van der Waals surface area contributed by atoms with Crippen LogP contribution in [0.2, 0.25) is 0 Å². The molecule has 24 heavy (non-hydrogen) atoms. The lowest BCUT2D eigenvalue weighted by atomic mass is 9.90. The van der Waals surface area contributed by atoms with Crippen molar-refractivity contribution in [1.29, 1.82) is 5.26 Å². The summed E-state index contributed by atoms with van der Waals surface area (Å²) in [5, 5.41) is 22.7. The summed E-state index contributed by atoms with van der Waals surface area (Å²) in [7, 11) is 0. The molecule has 3 rings (SSSR count). The number of amides is 1. The predicted molar refractivity (Wildman–Crippen MR) is 86.8 cm³/mol. The van der Waals surface area contributed by atoms with Gasteiger partial charge < -0.3 is 0 Å². The van der Waals surface area contributed by atoms with E-state index in [1.54, 1.807) is 0 Å². The van der Waals surface area contributed by atoms with Gasteiger partial charge in [-0.05, 0) is 16.3 Å². The van der Waals surface area contributed by atoms with Crippen molar-refractivity contribution in [3.05, 3.63) is 71.8 Å². The first-order valence-corrected chi connectivity index (χ1v) is 7.33. The highest BCUT2D eigenvalue weighted by Crippen LogP contribution is 2.25. The molecule has 0 unspecified atom stereocenters. The van der Waals surface area contributed by atoms with Gasteiger partial charge in [-0.1, -0.05) is 65.8 Å². The van der Waals surface area contributed by atoms with E-state index < -0.39 is 5.92 Å². The first-order chi connectivity index (χ1) is 11.8. The molecular formula is C17H14N6O. The van der Waals surface area contributed by atoms with Gasteiger partial charge in [-0.3, -0.25) is 10.1 Å². The summed E-state index contributed by atoms with van der Waals surface area (Å²) in [4.78, 5) is 13.9. The van der Waals surface area contributed by atoms with Gasteiger partial charge >= 0.3 is 0 Å². The van der Waals surface area contributed by atoms with Crippen LogP contribution in [0.5, 0.6) is 0 Å². The SMILES string of the molecule is N#CCn1nnc(NC(=O)C(c2ccccc2)c2ccccc2)n1. The molecule has 1 aromatic heterocycles. The summed E-state index contributed by atoms with van der Waals surface area (Å²) in [6, 6.07) is 20.9. The Morgan fingerprint density at radius 1 is 1.08 bits per heavy atom. The molecule has 1 amide bonds. The summed E-state index contributed by atoms with van der Waals surface area (Å²) >= 11 is 0. The van der Waals surface area contributed by atoms with Crippen molar-refractivity contribution in [2.24, 2.45) is 0 Å². The second kappa shape index (κ2) is 7.15. The molecule has 0 saturated carbocycles. The van der Waals surface area contributed by atoms with E-state index in [1.807, 2.05) is 66.7 Å². The van der Waals surface area contributed by atoms with E-state index in [2.05, 4.69) is 20.7 Å². The average Bonchev–Trinajstić information content (AvgIpc) is 3.04. The molecular weight excluding hydrogens is 304 g/mol. The third-order valence-corrected chi connectivity index (χ3v) is 3.43. The van der Waals surface area contributed by atoms with Gasteiger partial charge in [0, 0.05) is 0 Å². The monoisotopic (exact) mass is 318 g/mol. The Labute approximate surface area is 138 Å². The Bertz CT molecular complexity index is 814. The van der Waals surface area contributed by atoms with Gasteiger partial charge in [0.25, 0.3) is 5.95 Å². The molecule has 7 nitrogen and oxygen atoms in total. The number of nitrogens with one attached hydrogen (secondary N) is 1. The largest absolute Gasteiger partial charge is 0.291 e. The van der Waals surface area contributed by atoms with E-state index in [1.165, 1.54) is 0 Å². The minimum Gasteiger partial charge on any atom is -0.291 e. The van der Waals surface area contributed by atoms with Crippen molar-refractivity contribution in [3.8, 4) is 6.07 Å². The Hall–Kier alpha value is -3.53. The quantitative estimate of drug-likeness (QED) is 0.775. The highest BCUT2D eigenvalue weighted by Gasteiger charge is 2.23. The molecule has 0 bridgehead atoms. The molecule has 1 N–H and O–H groups in total. The smallest absolute Gasteiger partial charge is 0.270 e. The second-order valence-corrected chi connectivity index (χ2v) is 5.05. The maximum atomic E-state index is 12.8. The minimum absolute atomic E-state index is 0.0241. The molecule has 0 radical (unpaired) electrons. The molecule has 0 saturated heterocycles. The van der Waals surface area contributed by atoms with E-state index in [0.29, 0.717) is 0 Å². The second-order valence-electron chi connectivity index (χ2n) is 5.05. The standard InChI is InChI=1S/C17H14N6O/c18-11-12-23-21-17(20-22-23)19-16(24)15(13-7-3-1-4-8-13)14-9-5-2-6-10-14/h1-10,15H,12H2,(H,19,21,24). The van der Waals surface area contributed by atoms with E-state index in [9.17, 15) is 4.79 Å². The molecule has 118 valence electrons. The van der Waals surface area contributed by atoms with Crippen LogP contribution in [0.1, 0.15) is 17.0 Å². The van der Waals surface area contributed by atoms with Gasteiger partial charge in [0.15, 0.2) is 0 Å². The summed E-state index contributed by atoms with van der Waals surface area (Å²) < 4.78 is 0. The van der Waals surface area contributed by atoms with E-state index in [-0.39, 0.29) is 18.4 Å². The molecule has 0 fully saturated rings. The van der Waals surface area contributed by atoms with Gasteiger partial charge in [-0.2, -0.15) is 5.26 Å². The number of carbonyl (C=O) groups is 1. The van der Waals surface area contributed by atoms with Crippen LogP contribution in [0, 0.1) is 11.3 Å². The van der Waals surface area contributed by atoms with Crippen molar-refractivity contribution < 1.29 is 4.79 Å². The lowest BCUT2D eigenvalue weighted by Gasteiger charge is -2.16. The number of benzene rings is 2. The van der Waals surface area contributed by atoms with Crippen LogP contribution in [-0.2, 0) is 11.3 Å². The van der Waals surface area contributed by atoms with Gasteiger partial charge in [-0.15, -0.1) is 9.90 Å². The fraction of sp³-hybridized carbons (Fsp3) is 0.118. The molecule has 7 heteroatoms. The topological polar surface area (TPSA) is 96.5 Å². The number of nitrogens with zero attached hydrogens (tertiary/aromatic N) is 5. The molecule has 0 spiro atoms. The lowest BCUT2D eigenvalue weighted by molar-refractivity contribution is -0.116. The van der Waals surface area contributed by atoms with Crippen LogP contribution in [0.3, 0.4) is 0 Å². The fourth-order valence-corrected chi connectivity index (χ4v) is 2.39. The Kier molecular flexibility index (Phi) is 4.58. The molecule has 0 aliphatic heterocycles. The first-order valence-electron chi connectivity index (χ1n) is 7.33. The number of carbonyl (C=O) groups excluding carboxylic acids is 1. The highest BCUT2D eigenvalue weighted by atomic mass is 16.2. The van der Waals surface area contributed by atoms with Gasteiger partial charge in [-0.25, -0.2) is 0 Å². The summed E-state index contributed by atoms with van der Waals surface area (Å²) in [6.45, 7) is -0.0241. The Morgan fingerprint density at radius 2 is 1.67 bits per heavy atom. The zero-order chi connectivity index (χ0) is 16.8. The number of anilines is 1. The van der Waals surface area contributed by atoms with E-state index in [0.717, 1.165) is 15.9 Å². The number of hydrogen-bond donors (Lipinski definition) is 1. The average molecular weight is 318 g/mol. The van der Waals surface area contributed by atoms with Gasteiger partial charge in [0.1, 0.15) is 6.54 Å². The Morgan fingerprint density at radius 3 is 2.21 bits per heavy atom. The molecule has 2 aromatic carbocycles. The predicted octanol–water partition coefficient (Wildman–Crippen LogP) is 1.97. The van der Waals surface area contributed by atoms with Crippen molar-refractivity contribution in [2.45, 2.75) is 12.5 Å². The van der Waals surface area contributed by atoms with Crippen LogP contribution in [0.4, 0.5) is 5.95 Å². The van der Waals surface area contributed by atoms with Crippen molar-refractivity contribution in [2.75, 3.05) is 5.32 Å². The maximum Gasteiger partial charge on any atom is 0.270 e. The van der Waals surface area contributed by atoms with Crippen LogP contribution in [0.25, 0.3) is 0 Å². The van der Waals surface area contributed by atoms with Crippen LogP contribution in [0.15, 0.2) is 60.7 Å². The molecule has 1 heterocycles. The maximum absolute atomic E-state index is 12.8.